The molecule has 0 heterocycles. The summed E-state index contributed by atoms with van der Waals surface area (Å²) in [6, 6.07) is 3.81. The first-order valence-electron chi connectivity index (χ1n) is 4.74. The van der Waals surface area contributed by atoms with Gasteiger partial charge < -0.3 is 4.74 Å². The van der Waals surface area contributed by atoms with Crippen molar-refractivity contribution < 1.29 is 4.74 Å². The number of hydrogen-bond donors (Lipinski definition) is 1. The van der Waals surface area contributed by atoms with Crippen LogP contribution in [-0.2, 0) is 0 Å². The van der Waals surface area contributed by atoms with Gasteiger partial charge in [0.2, 0.25) is 0 Å². The number of benzene rings is 1. The molecule has 0 N–H and O–H groups in total. The van der Waals surface area contributed by atoms with E-state index in [2.05, 4.69) is 19.6 Å². The Hall–Kier alpha value is -0.0500. The van der Waals surface area contributed by atoms with Crippen molar-refractivity contribution in [1.29, 1.82) is 0 Å². The molecule has 0 radical (unpaired) electrons. The van der Waals surface area contributed by atoms with E-state index in [1.165, 1.54) is 0 Å². The van der Waals surface area contributed by atoms with Crippen LogP contribution < -0.4 is 4.74 Å². The monoisotopic (exact) mass is 264 g/mol. The largest absolute Gasteiger partial charge is 0.494 e. The molecular formula is C11H14Cl2OS. The van der Waals surface area contributed by atoms with Gasteiger partial charge in [-0.25, -0.2) is 0 Å². The number of methoxy groups -OCH3 is 1. The average molecular weight is 265 g/mol. The predicted octanol–water partition coefficient (Wildman–Crippen LogP) is 4.43. The summed E-state index contributed by atoms with van der Waals surface area (Å²) in [4.78, 5) is 0. The standard InChI is InChI=1S/C11H14Cl2OS/c1-7(3-4-15)8-5-9(12)11(14-2)10(13)6-8/h5-7,15H,3-4H2,1-2H3. The van der Waals surface area contributed by atoms with Crippen LogP contribution in [0.4, 0.5) is 0 Å². The highest BCUT2D eigenvalue weighted by atomic mass is 35.5. The van der Waals surface area contributed by atoms with Gasteiger partial charge in [-0.15, -0.1) is 0 Å². The highest BCUT2D eigenvalue weighted by Gasteiger charge is 2.12. The Morgan fingerprint density at radius 1 is 1.33 bits per heavy atom. The maximum atomic E-state index is 6.05. The van der Waals surface area contributed by atoms with Gasteiger partial charge in [-0.2, -0.15) is 12.6 Å². The van der Waals surface area contributed by atoms with Crippen LogP contribution in [0.15, 0.2) is 12.1 Å². The molecule has 15 heavy (non-hydrogen) atoms. The zero-order valence-electron chi connectivity index (χ0n) is 8.76. The first-order valence-corrected chi connectivity index (χ1v) is 6.12. The second-order valence-corrected chi connectivity index (χ2v) is 4.69. The van der Waals surface area contributed by atoms with Crippen molar-refractivity contribution >= 4 is 35.8 Å². The lowest BCUT2D eigenvalue weighted by Gasteiger charge is -2.13. The highest BCUT2D eigenvalue weighted by Crippen LogP contribution is 2.36. The van der Waals surface area contributed by atoms with Gasteiger partial charge in [0.1, 0.15) is 0 Å². The van der Waals surface area contributed by atoms with Gasteiger partial charge in [-0.05, 0) is 35.8 Å². The van der Waals surface area contributed by atoms with Crippen molar-refractivity contribution in [2.45, 2.75) is 19.3 Å². The topological polar surface area (TPSA) is 9.23 Å². The molecule has 1 nitrogen and oxygen atoms in total. The molecule has 0 fully saturated rings. The summed E-state index contributed by atoms with van der Waals surface area (Å²) in [7, 11) is 1.56. The first kappa shape index (κ1) is 13.0. The summed E-state index contributed by atoms with van der Waals surface area (Å²) in [6.07, 6.45) is 1.00. The normalized spacial score (nSPS) is 12.6. The van der Waals surface area contributed by atoms with E-state index in [0.29, 0.717) is 21.7 Å². The molecule has 0 amide bonds. The van der Waals surface area contributed by atoms with Crippen LogP contribution in [0.5, 0.6) is 5.75 Å². The second-order valence-electron chi connectivity index (χ2n) is 3.43. The number of ether oxygens (including phenoxy) is 1. The Morgan fingerprint density at radius 2 is 1.87 bits per heavy atom. The molecule has 1 unspecified atom stereocenters. The van der Waals surface area contributed by atoms with Gasteiger partial charge in [-0.3, -0.25) is 0 Å². The number of halogens is 2. The average Bonchev–Trinajstić information content (AvgIpc) is 2.17. The maximum Gasteiger partial charge on any atom is 0.156 e. The van der Waals surface area contributed by atoms with Crippen LogP contribution in [0.25, 0.3) is 0 Å². The van der Waals surface area contributed by atoms with Gasteiger partial charge >= 0.3 is 0 Å². The lowest BCUT2D eigenvalue weighted by molar-refractivity contribution is 0.415. The number of hydrogen-bond acceptors (Lipinski definition) is 2. The fourth-order valence-electron chi connectivity index (χ4n) is 1.42. The van der Waals surface area contributed by atoms with E-state index in [9.17, 15) is 0 Å². The quantitative estimate of drug-likeness (QED) is 0.792. The minimum absolute atomic E-state index is 0.406. The fraction of sp³-hybridized carbons (Fsp3) is 0.455. The van der Waals surface area contributed by atoms with Crippen LogP contribution in [0.3, 0.4) is 0 Å². The number of thiol groups is 1. The van der Waals surface area contributed by atoms with Crippen molar-refractivity contribution in [3.8, 4) is 5.75 Å². The summed E-state index contributed by atoms with van der Waals surface area (Å²) >= 11 is 16.3. The van der Waals surface area contributed by atoms with Gasteiger partial charge in [-0.1, -0.05) is 30.1 Å². The Bertz CT molecular complexity index is 318. The van der Waals surface area contributed by atoms with Crippen LogP contribution >= 0.6 is 35.8 Å². The van der Waals surface area contributed by atoms with E-state index in [1.807, 2.05) is 12.1 Å². The van der Waals surface area contributed by atoms with E-state index in [0.717, 1.165) is 17.7 Å². The molecule has 0 aliphatic rings. The van der Waals surface area contributed by atoms with Crippen LogP contribution in [-0.4, -0.2) is 12.9 Å². The number of rotatable bonds is 4. The Labute approximate surface area is 106 Å². The van der Waals surface area contributed by atoms with Crippen LogP contribution in [0, 0.1) is 0 Å². The molecular weight excluding hydrogens is 251 g/mol. The van der Waals surface area contributed by atoms with Crippen molar-refractivity contribution in [2.24, 2.45) is 0 Å². The third kappa shape index (κ3) is 3.20. The van der Waals surface area contributed by atoms with Gasteiger partial charge in [0.15, 0.2) is 5.75 Å². The van der Waals surface area contributed by atoms with Crippen molar-refractivity contribution in [3.63, 3.8) is 0 Å². The summed E-state index contributed by atoms with van der Waals surface area (Å²) in [5.74, 6) is 1.80. The minimum Gasteiger partial charge on any atom is -0.494 e. The Kier molecular flexibility index (Phi) is 5.10. The molecule has 0 aromatic heterocycles. The SMILES string of the molecule is COc1c(Cl)cc(C(C)CCS)cc1Cl. The van der Waals surface area contributed by atoms with Crippen molar-refractivity contribution in [2.75, 3.05) is 12.9 Å². The Morgan fingerprint density at radius 3 is 2.27 bits per heavy atom. The highest BCUT2D eigenvalue weighted by molar-refractivity contribution is 7.80. The second kappa shape index (κ2) is 5.88. The van der Waals surface area contributed by atoms with E-state index in [1.54, 1.807) is 7.11 Å². The summed E-state index contributed by atoms with van der Waals surface area (Å²) in [5, 5.41) is 1.12. The van der Waals surface area contributed by atoms with E-state index >= 15 is 0 Å². The van der Waals surface area contributed by atoms with Crippen molar-refractivity contribution in [3.05, 3.63) is 27.7 Å². The van der Waals surface area contributed by atoms with E-state index < -0.39 is 0 Å². The van der Waals surface area contributed by atoms with E-state index in [-0.39, 0.29) is 0 Å². The zero-order chi connectivity index (χ0) is 11.4. The molecule has 1 aromatic carbocycles. The molecule has 0 aliphatic heterocycles. The van der Waals surface area contributed by atoms with E-state index in [4.69, 9.17) is 27.9 Å². The van der Waals surface area contributed by atoms with Gasteiger partial charge in [0.25, 0.3) is 0 Å². The molecule has 0 saturated carbocycles. The zero-order valence-corrected chi connectivity index (χ0v) is 11.2. The lowest BCUT2D eigenvalue weighted by Crippen LogP contribution is -1.96. The minimum atomic E-state index is 0.406. The molecule has 4 heteroatoms. The third-order valence-corrected chi connectivity index (χ3v) is 3.18. The Balaban J connectivity index is 3.02. The van der Waals surface area contributed by atoms with Gasteiger partial charge in [0.05, 0.1) is 17.2 Å². The molecule has 0 bridgehead atoms. The molecule has 0 spiro atoms. The molecule has 84 valence electrons. The van der Waals surface area contributed by atoms with Crippen molar-refractivity contribution in [1.82, 2.24) is 0 Å². The molecule has 1 aromatic rings. The molecule has 1 rings (SSSR count). The predicted molar refractivity (Wildman–Crippen MR) is 69.9 cm³/mol. The lowest BCUT2D eigenvalue weighted by atomic mass is 9.98. The third-order valence-electron chi connectivity index (χ3n) is 2.36. The first-order chi connectivity index (χ1) is 7.10. The molecule has 1 atom stereocenters. The van der Waals surface area contributed by atoms with Gasteiger partial charge in [0, 0.05) is 0 Å². The van der Waals surface area contributed by atoms with Crippen LogP contribution in [0.1, 0.15) is 24.8 Å². The maximum absolute atomic E-state index is 6.05. The molecule has 0 aliphatic carbocycles. The smallest absolute Gasteiger partial charge is 0.156 e. The van der Waals surface area contributed by atoms with Crippen LogP contribution in [0.2, 0.25) is 10.0 Å². The summed E-state index contributed by atoms with van der Waals surface area (Å²) < 4.78 is 5.09. The molecule has 0 saturated heterocycles. The fourth-order valence-corrected chi connectivity index (χ4v) is 2.46. The summed E-state index contributed by atoms with van der Waals surface area (Å²) in [5.41, 5.74) is 1.12. The summed E-state index contributed by atoms with van der Waals surface area (Å²) in [6.45, 7) is 2.13.